The summed E-state index contributed by atoms with van der Waals surface area (Å²) in [5.74, 6) is 0.961. The largest absolute Gasteiger partial charge is 0.497 e. The van der Waals surface area contributed by atoms with Crippen LogP contribution in [0, 0.1) is 0 Å². The van der Waals surface area contributed by atoms with Crippen LogP contribution >= 0.6 is 0 Å². The van der Waals surface area contributed by atoms with Gasteiger partial charge < -0.3 is 10.1 Å². The third-order valence-corrected chi connectivity index (χ3v) is 3.62. The molecule has 1 aliphatic heterocycles. The molecule has 1 aliphatic rings. The van der Waals surface area contributed by atoms with Gasteiger partial charge in [-0.25, -0.2) is 0 Å². The number of rotatable bonds is 4. The summed E-state index contributed by atoms with van der Waals surface area (Å²) in [4.78, 5) is 2.49. The summed E-state index contributed by atoms with van der Waals surface area (Å²) >= 11 is 0. The molecule has 0 aliphatic carbocycles. The van der Waals surface area contributed by atoms with Crippen molar-refractivity contribution < 1.29 is 4.74 Å². The summed E-state index contributed by atoms with van der Waals surface area (Å²) in [6, 6.07) is 6.89. The molecule has 0 unspecified atom stereocenters. The summed E-state index contributed by atoms with van der Waals surface area (Å²) in [7, 11) is 1.73. The van der Waals surface area contributed by atoms with Crippen molar-refractivity contribution in [2.24, 2.45) is 0 Å². The third-order valence-electron chi connectivity index (χ3n) is 3.62. The monoisotopic (exact) mass is 234 g/mol. The quantitative estimate of drug-likeness (QED) is 0.864. The van der Waals surface area contributed by atoms with Crippen molar-refractivity contribution in [2.75, 3.05) is 26.7 Å². The van der Waals surface area contributed by atoms with Crippen LogP contribution in [0.1, 0.15) is 31.0 Å². The van der Waals surface area contributed by atoms with Crippen molar-refractivity contribution in [1.82, 2.24) is 10.2 Å². The highest BCUT2D eigenvalue weighted by atomic mass is 16.5. The Hall–Kier alpha value is -1.06. The lowest BCUT2D eigenvalue weighted by Crippen LogP contribution is -2.39. The van der Waals surface area contributed by atoms with E-state index in [1.165, 1.54) is 11.1 Å². The highest BCUT2D eigenvalue weighted by Crippen LogP contribution is 2.30. The molecule has 1 aromatic carbocycles. The Kier molecular flexibility index (Phi) is 4.02. The Morgan fingerprint density at radius 3 is 2.76 bits per heavy atom. The molecule has 3 nitrogen and oxygen atoms in total. The van der Waals surface area contributed by atoms with Crippen molar-refractivity contribution in [2.45, 2.75) is 26.4 Å². The molecule has 0 aromatic heterocycles. The fourth-order valence-electron chi connectivity index (χ4n) is 2.61. The van der Waals surface area contributed by atoms with Crippen molar-refractivity contribution in [3.05, 3.63) is 29.3 Å². The minimum Gasteiger partial charge on any atom is -0.497 e. The van der Waals surface area contributed by atoms with Crippen LogP contribution in [0.4, 0.5) is 0 Å². The zero-order valence-electron chi connectivity index (χ0n) is 11.0. The number of hydrogen-bond donors (Lipinski definition) is 1. The molecule has 1 heterocycles. The molecule has 0 amide bonds. The van der Waals surface area contributed by atoms with E-state index >= 15 is 0 Å². The van der Waals surface area contributed by atoms with Crippen LogP contribution in [0.2, 0.25) is 0 Å². The number of likely N-dealkylation sites (N-methyl/N-ethyl adjacent to an activating group) is 1. The minimum absolute atomic E-state index is 0.476. The minimum atomic E-state index is 0.476. The average molecular weight is 234 g/mol. The van der Waals surface area contributed by atoms with E-state index in [4.69, 9.17) is 4.74 Å². The summed E-state index contributed by atoms with van der Waals surface area (Å²) in [5.41, 5.74) is 2.82. The first-order valence-electron chi connectivity index (χ1n) is 6.41. The Morgan fingerprint density at radius 2 is 2.12 bits per heavy atom. The smallest absolute Gasteiger partial charge is 0.119 e. The normalized spacial score (nSPS) is 19.2. The lowest BCUT2D eigenvalue weighted by molar-refractivity contribution is 0.204. The predicted octanol–water partition coefficient (Wildman–Crippen LogP) is 2.18. The molecule has 0 fully saturated rings. The predicted molar refractivity (Wildman–Crippen MR) is 70.4 cm³/mol. The van der Waals surface area contributed by atoms with Crippen LogP contribution in [0.5, 0.6) is 5.75 Å². The Balaban J connectivity index is 2.34. The fraction of sp³-hybridized carbons (Fsp3) is 0.571. The second kappa shape index (κ2) is 5.52. The van der Waals surface area contributed by atoms with E-state index < -0.39 is 0 Å². The second-order valence-electron chi connectivity index (χ2n) is 4.43. The molecule has 94 valence electrons. The number of ether oxygens (including phenoxy) is 1. The van der Waals surface area contributed by atoms with Crippen LogP contribution in [-0.4, -0.2) is 31.6 Å². The maximum Gasteiger partial charge on any atom is 0.119 e. The highest BCUT2D eigenvalue weighted by molar-refractivity contribution is 5.39. The van der Waals surface area contributed by atoms with Crippen LogP contribution < -0.4 is 10.1 Å². The highest BCUT2D eigenvalue weighted by Gasteiger charge is 2.24. The molecule has 1 atom stereocenters. The molecule has 1 N–H and O–H groups in total. The van der Waals surface area contributed by atoms with Crippen molar-refractivity contribution >= 4 is 0 Å². The molecule has 3 heteroatoms. The topological polar surface area (TPSA) is 24.5 Å². The van der Waals surface area contributed by atoms with Gasteiger partial charge in [-0.05, 0) is 36.3 Å². The molecule has 1 aromatic rings. The van der Waals surface area contributed by atoms with Gasteiger partial charge in [0.2, 0.25) is 0 Å². The number of methoxy groups -OCH3 is 1. The number of nitrogens with zero attached hydrogens (tertiary/aromatic N) is 1. The fourth-order valence-corrected chi connectivity index (χ4v) is 2.61. The Bertz CT molecular complexity index is 374. The number of hydrogen-bond acceptors (Lipinski definition) is 3. The van der Waals surface area contributed by atoms with Crippen LogP contribution in [0.25, 0.3) is 0 Å². The van der Waals surface area contributed by atoms with Gasteiger partial charge in [-0.1, -0.05) is 19.9 Å². The summed E-state index contributed by atoms with van der Waals surface area (Å²) in [5, 5.41) is 3.50. The van der Waals surface area contributed by atoms with Gasteiger partial charge in [0.05, 0.1) is 7.11 Å². The van der Waals surface area contributed by atoms with Gasteiger partial charge >= 0.3 is 0 Å². The molecular formula is C14H22N2O. The van der Waals surface area contributed by atoms with E-state index in [1.54, 1.807) is 7.11 Å². The van der Waals surface area contributed by atoms with Crippen LogP contribution in [-0.2, 0) is 6.54 Å². The molecule has 2 rings (SSSR count). The molecule has 0 saturated carbocycles. The van der Waals surface area contributed by atoms with Gasteiger partial charge in [-0.15, -0.1) is 0 Å². The van der Waals surface area contributed by atoms with Crippen molar-refractivity contribution in [3.8, 4) is 5.75 Å². The van der Waals surface area contributed by atoms with Crippen molar-refractivity contribution in [3.63, 3.8) is 0 Å². The Labute approximate surface area is 104 Å². The summed E-state index contributed by atoms with van der Waals surface area (Å²) in [6.45, 7) is 8.60. The van der Waals surface area contributed by atoms with E-state index in [0.717, 1.165) is 31.9 Å². The molecule has 0 spiro atoms. The first kappa shape index (κ1) is 12.4. The zero-order valence-corrected chi connectivity index (χ0v) is 11.0. The van der Waals surface area contributed by atoms with Gasteiger partial charge in [0, 0.05) is 19.1 Å². The van der Waals surface area contributed by atoms with E-state index in [-0.39, 0.29) is 0 Å². The van der Waals surface area contributed by atoms with E-state index in [2.05, 4.69) is 36.2 Å². The Morgan fingerprint density at radius 1 is 1.35 bits per heavy atom. The maximum atomic E-state index is 5.34. The van der Waals surface area contributed by atoms with E-state index in [1.807, 2.05) is 6.07 Å². The SMILES string of the molecule is CCN(CC)[C@@H]1CNCc2ccc(OC)cc21. The zero-order chi connectivity index (χ0) is 12.3. The van der Waals surface area contributed by atoms with E-state index in [0.29, 0.717) is 6.04 Å². The third kappa shape index (κ3) is 2.45. The molecular weight excluding hydrogens is 212 g/mol. The maximum absolute atomic E-state index is 5.34. The van der Waals surface area contributed by atoms with Gasteiger partial charge in [0.25, 0.3) is 0 Å². The van der Waals surface area contributed by atoms with Gasteiger partial charge in [-0.2, -0.15) is 0 Å². The first-order valence-corrected chi connectivity index (χ1v) is 6.41. The molecule has 0 radical (unpaired) electrons. The number of nitrogens with one attached hydrogen (secondary N) is 1. The lowest BCUT2D eigenvalue weighted by Gasteiger charge is -2.35. The first-order chi connectivity index (χ1) is 8.30. The molecule has 0 saturated heterocycles. The summed E-state index contributed by atoms with van der Waals surface area (Å²) in [6.07, 6.45) is 0. The second-order valence-corrected chi connectivity index (χ2v) is 4.43. The van der Waals surface area contributed by atoms with Gasteiger partial charge in [-0.3, -0.25) is 4.90 Å². The van der Waals surface area contributed by atoms with Gasteiger partial charge in [0.15, 0.2) is 0 Å². The summed E-state index contributed by atoms with van der Waals surface area (Å²) < 4.78 is 5.34. The average Bonchev–Trinajstić information content (AvgIpc) is 2.40. The number of benzene rings is 1. The lowest BCUT2D eigenvalue weighted by atomic mass is 9.95. The van der Waals surface area contributed by atoms with Gasteiger partial charge in [0.1, 0.15) is 5.75 Å². The number of fused-ring (bicyclic) bond motifs is 1. The van der Waals surface area contributed by atoms with Crippen molar-refractivity contribution in [1.29, 1.82) is 0 Å². The van der Waals surface area contributed by atoms with Crippen LogP contribution in [0.15, 0.2) is 18.2 Å². The molecule has 17 heavy (non-hydrogen) atoms. The molecule has 0 bridgehead atoms. The van der Waals surface area contributed by atoms with E-state index in [9.17, 15) is 0 Å². The van der Waals surface area contributed by atoms with Crippen LogP contribution in [0.3, 0.4) is 0 Å². The standard InChI is InChI=1S/C14H22N2O/c1-4-16(5-2)14-10-15-9-11-6-7-12(17-3)8-13(11)14/h6-8,14-15H,4-5,9-10H2,1-3H3/t14-/m1/s1.